The molecule has 8 nitrogen and oxygen atoms in total. The van der Waals surface area contributed by atoms with Gasteiger partial charge >= 0.3 is 0 Å². The molecule has 0 aliphatic carbocycles. The summed E-state index contributed by atoms with van der Waals surface area (Å²) in [5.74, 6) is 0. The van der Waals surface area contributed by atoms with Gasteiger partial charge in [-0.25, -0.2) is 0 Å². The van der Waals surface area contributed by atoms with Crippen LogP contribution in [0.2, 0.25) is 0 Å². The number of unbranched alkanes of at least 4 members (excludes halogenated alkanes) is 1. The Morgan fingerprint density at radius 1 is 1.06 bits per heavy atom. The lowest BCUT2D eigenvalue weighted by Crippen LogP contribution is -2.34. The Morgan fingerprint density at radius 3 is 2.28 bits per heavy atom. The fourth-order valence-corrected chi connectivity index (χ4v) is 1.51. The van der Waals surface area contributed by atoms with E-state index in [1.807, 2.05) is 0 Å². The first-order valence-electron chi connectivity index (χ1n) is 6.44. The molecule has 0 heterocycles. The third-order valence-corrected chi connectivity index (χ3v) is 2.52. The van der Waals surface area contributed by atoms with E-state index in [0.29, 0.717) is 32.6 Å². The van der Waals surface area contributed by atoms with Crippen LogP contribution in [0.1, 0.15) is 25.7 Å². The zero-order valence-electron chi connectivity index (χ0n) is 10.9. The van der Waals surface area contributed by atoms with Crippen LogP contribution in [0, 0.1) is 5.21 Å². The number of nitrogens with one attached hydrogen (secondary N) is 1. The highest BCUT2D eigenvalue weighted by atomic mass is 16.6. The van der Waals surface area contributed by atoms with Gasteiger partial charge in [0.2, 0.25) is 5.28 Å². The lowest BCUT2D eigenvalue weighted by atomic mass is 10.3. The second-order valence-corrected chi connectivity index (χ2v) is 4.04. The summed E-state index contributed by atoms with van der Waals surface area (Å²) in [4.78, 5) is 0.220. The van der Waals surface area contributed by atoms with Gasteiger partial charge in [0.25, 0.3) is 0 Å². The third kappa shape index (κ3) is 8.97. The second kappa shape index (κ2) is 12.3. The summed E-state index contributed by atoms with van der Waals surface area (Å²) in [7, 11) is 0. The summed E-state index contributed by atoms with van der Waals surface area (Å²) in [5.41, 5.74) is 10.8. The highest BCUT2D eigenvalue weighted by Crippen LogP contribution is 1.97. The van der Waals surface area contributed by atoms with Crippen molar-refractivity contribution in [3.8, 4) is 0 Å². The van der Waals surface area contributed by atoms with Gasteiger partial charge < -0.3 is 27.2 Å². The van der Waals surface area contributed by atoms with Gasteiger partial charge in [-0.05, 0) is 51.9 Å². The Hall–Kier alpha value is -1.12. The lowest BCUT2D eigenvalue weighted by molar-refractivity contribution is -0.709. The largest absolute Gasteiger partial charge is 0.569 e. The van der Waals surface area contributed by atoms with Crippen LogP contribution < -0.4 is 16.8 Å². The molecule has 0 fully saturated rings. The first-order chi connectivity index (χ1) is 8.76. The van der Waals surface area contributed by atoms with Crippen LogP contribution in [-0.2, 0) is 0 Å². The normalized spacial score (nSPS) is 11.8. The molecule has 0 bridgehead atoms. The van der Waals surface area contributed by atoms with Crippen LogP contribution in [-0.4, -0.2) is 54.5 Å². The van der Waals surface area contributed by atoms with Crippen molar-refractivity contribution in [1.82, 2.24) is 10.3 Å². The standard InChI is InChI=1S/C10H26N6O2/c11-5-3-8-13-7-1-2-9-15(10-4-6-12)16(18)14-17/h13,17H,1-12H2. The van der Waals surface area contributed by atoms with Gasteiger partial charge in [0, 0.05) is 0 Å². The predicted molar refractivity (Wildman–Crippen MR) is 68.9 cm³/mol. The van der Waals surface area contributed by atoms with Crippen molar-refractivity contribution >= 4 is 0 Å². The van der Waals surface area contributed by atoms with Gasteiger partial charge in [0.1, 0.15) is 0 Å². The van der Waals surface area contributed by atoms with Crippen molar-refractivity contribution in [3.63, 3.8) is 0 Å². The molecule has 6 N–H and O–H groups in total. The molecule has 8 heteroatoms. The molecule has 0 aromatic carbocycles. The van der Waals surface area contributed by atoms with Crippen molar-refractivity contribution < 1.29 is 10.2 Å². The molecule has 0 rings (SSSR count). The molecular weight excluding hydrogens is 236 g/mol. The zero-order chi connectivity index (χ0) is 13.6. The Bertz CT molecular complexity index is 215. The minimum absolute atomic E-state index is 0.220. The summed E-state index contributed by atoms with van der Waals surface area (Å²) in [6.07, 6.45) is 3.49. The van der Waals surface area contributed by atoms with E-state index < -0.39 is 0 Å². The van der Waals surface area contributed by atoms with Crippen LogP contribution in [0.4, 0.5) is 0 Å². The summed E-state index contributed by atoms with van der Waals surface area (Å²) >= 11 is 0. The second-order valence-electron chi connectivity index (χ2n) is 4.04. The fourth-order valence-electron chi connectivity index (χ4n) is 1.51. The maximum atomic E-state index is 11.2. The Labute approximate surface area is 108 Å². The van der Waals surface area contributed by atoms with Crippen LogP contribution in [0.25, 0.3) is 0 Å². The van der Waals surface area contributed by atoms with Crippen LogP contribution in [0.15, 0.2) is 5.28 Å². The molecule has 0 aliphatic rings. The van der Waals surface area contributed by atoms with Crippen molar-refractivity contribution in [2.75, 3.05) is 39.3 Å². The molecule has 0 unspecified atom stereocenters. The number of rotatable bonds is 12. The first kappa shape index (κ1) is 16.9. The number of hydrazine groups is 1. The Kier molecular flexibility index (Phi) is 11.6. The van der Waals surface area contributed by atoms with E-state index in [4.69, 9.17) is 16.7 Å². The molecule has 108 valence electrons. The summed E-state index contributed by atoms with van der Waals surface area (Å²) < 4.78 is 0. The minimum atomic E-state index is 0.220. The Balaban J connectivity index is 3.63. The number of nitrogens with two attached hydrogens (primary N) is 2. The monoisotopic (exact) mass is 262 g/mol. The summed E-state index contributed by atoms with van der Waals surface area (Å²) in [5, 5.41) is 26.9. The molecule has 0 spiro atoms. The average molecular weight is 262 g/mol. The Morgan fingerprint density at radius 2 is 1.67 bits per heavy atom. The molecule has 0 amide bonds. The molecule has 0 radical (unpaired) electrons. The predicted octanol–water partition coefficient (Wildman–Crippen LogP) is -0.377. The van der Waals surface area contributed by atoms with Gasteiger partial charge in [-0.1, -0.05) is 0 Å². The van der Waals surface area contributed by atoms with E-state index in [1.54, 1.807) is 0 Å². The first-order valence-corrected chi connectivity index (χ1v) is 6.44. The molecule has 0 aromatic rings. The molecular formula is C10H26N6O2. The molecule has 18 heavy (non-hydrogen) atoms. The smallest absolute Gasteiger partial charge is 0.230 e. The molecule has 0 aliphatic heterocycles. The molecule has 0 saturated heterocycles. The number of hydrogen-bond acceptors (Lipinski definition) is 5. The molecule has 0 aromatic heterocycles. The maximum absolute atomic E-state index is 11.2. The maximum Gasteiger partial charge on any atom is 0.230 e. The van der Waals surface area contributed by atoms with E-state index in [2.05, 4.69) is 10.6 Å². The topological polar surface area (TPSA) is 126 Å². The minimum Gasteiger partial charge on any atom is -0.569 e. The van der Waals surface area contributed by atoms with Gasteiger partial charge in [0.15, 0.2) is 0 Å². The van der Waals surface area contributed by atoms with Gasteiger partial charge in [-0.2, -0.15) is 0 Å². The van der Waals surface area contributed by atoms with Gasteiger partial charge in [-0.15, -0.1) is 5.01 Å². The van der Waals surface area contributed by atoms with Crippen molar-refractivity contribution in [3.05, 3.63) is 5.21 Å². The van der Waals surface area contributed by atoms with E-state index >= 15 is 0 Å². The van der Waals surface area contributed by atoms with Crippen LogP contribution in [0.3, 0.4) is 0 Å². The third-order valence-electron chi connectivity index (χ3n) is 2.52. The quantitative estimate of drug-likeness (QED) is 0.164. The lowest BCUT2D eigenvalue weighted by Gasteiger charge is -2.17. The molecule has 0 saturated carbocycles. The number of hydrogen-bond donors (Lipinski definition) is 4. The van der Waals surface area contributed by atoms with Gasteiger partial charge in [-0.3, -0.25) is 0 Å². The summed E-state index contributed by atoms with van der Waals surface area (Å²) in [6.45, 7) is 4.10. The highest BCUT2D eigenvalue weighted by Gasteiger charge is 2.11. The van der Waals surface area contributed by atoms with Crippen molar-refractivity contribution in [2.24, 2.45) is 16.7 Å². The average Bonchev–Trinajstić information content (AvgIpc) is 2.40. The highest BCUT2D eigenvalue weighted by molar-refractivity contribution is 4.52. The van der Waals surface area contributed by atoms with Crippen LogP contribution in [0.5, 0.6) is 0 Å². The van der Waals surface area contributed by atoms with Crippen molar-refractivity contribution in [1.29, 1.82) is 0 Å². The van der Waals surface area contributed by atoms with Crippen molar-refractivity contribution in [2.45, 2.75) is 25.7 Å². The SMILES string of the molecule is NCCCNCCCCN(CCCN)[N+]([O-])=NO. The molecule has 0 atom stereocenters. The number of nitrogens with zero attached hydrogens (tertiary/aromatic N) is 3. The van der Waals surface area contributed by atoms with Crippen LogP contribution >= 0.6 is 0 Å². The van der Waals surface area contributed by atoms with Gasteiger partial charge in [0.05, 0.1) is 18.1 Å². The van der Waals surface area contributed by atoms with E-state index in [0.717, 1.165) is 32.4 Å². The zero-order valence-corrected chi connectivity index (χ0v) is 10.9. The van der Waals surface area contributed by atoms with E-state index in [-0.39, 0.29) is 4.97 Å². The van der Waals surface area contributed by atoms with E-state index in [9.17, 15) is 5.21 Å². The summed E-state index contributed by atoms with van der Waals surface area (Å²) in [6, 6.07) is 0. The fraction of sp³-hybridized carbons (Fsp3) is 1.00. The van der Waals surface area contributed by atoms with E-state index in [1.165, 1.54) is 5.01 Å².